The van der Waals surface area contributed by atoms with Crippen LogP contribution >= 0.6 is 22.9 Å². The van der Waals surface area contributed by atoms with E-state index in [0.717, 1.165) is 0 Å². The van der Waals surface area contributed by atoms with Gasteiger partial charge in [0.2, 0.25) is 0 Å². The summed E-state index contributed by atoms with van der Waals surface area (Å²) in [6.45, 7) is 0. The third-order valence-electron chi connectivity index (χ3n) is 2.40. The molecule has 0 aliphatic carbocycles. The molecule has 0 spiro atoms. The van der Waals surface area contributed by atoms with Crippen molar-refractivity contribution in [1.82, 2.24) is 0 Å². The maximum absolute atomic E-state index is 12.1. The summed E-state index contributed by atoms with van der Waals surface area (Å²) < 4.78 is 26.4. The molecule has 0 aliphatic rings. The Kier molecular flexibility index (Phi) is 4.18. The Morgan fingerprint density at radius 1 is 1.33 bits per heavy atom. The Hall–Kier alpha value is -2.08. The topological polar surface area (TPSA) is 107 Å². The van der Waals surface area contributed by atoms with Gasteiger partial charge in [0.15, 0.2) is 0 Å². The molecule has 21 heavy (non-hydrogen) atoms. The highest BCUT2D eigenvalue weighted by Gasteiger charge is 2.19. The first-order valence-corrected chi connectivity index (χ1v) is 8.07. The molecule has 2 rings (SSSR count). The number of nitrogens with one attached hydrogen (secondary N) is 1. The van der Waals surface area contributed by atoms with Crippen molar-refractivity contribution < 1.29 is 18.3 Å². The Labute approximate surface area is 129 Å². The number of halogens is 1. The van der Waals surface area contributed by atoms with Gasteiger partial charge in [-0.1, -0.05) is 11.6 Å². The first kappa shape index (κ1) is 15.3. The number of carboxylic acid groups (broad SMARTS) is 1. The van der Waals surface area contributed by atoms with E-state index in [2.05, 4.69) is 4.72 Å². The van der Waals surface area contributed by atoms with Crippen LogP contribution in [-0.2, 0) is 10.0 Å². The van der Waals surface area contributed by atoms with Crippen molar-refractivity contribution in [2.75, 3.05) is 4.72 Å². The Morgan fingerprint density at radius 3 is 2.62 bits per heavy atom. The molecule has 2 N–H and O–H groups in total. The van der Waals surface area contributed by atoms with Gasteiger partial charge in [0.1, 0.15) is 15.2 Å². The van der Waals surface area contributed by atoms with E-state index in [-0.39, 0.29) is 25.4 Å². The van der Waals surface area contributed by atoms with Crippen molar-refractivity contribution >= 4 is 44.6 Å². The van der Waals surface area contributed by atoms with Crippen LogP contribution in [0.2, 0.25) is 5.02 Å². The van der Waals surface area contributed by atoms with Gasteiger partial charge in [0, 0.05) is 0 Å². The molecule has 0 atom stereocenters. The average molecular weight is 343 g/mol. The number of nitrogens with zero attached hydrogens (tertiary/aromatic N) is 1. The molecule has 0 fully saturated rings. The van der Waals surface area contributed by atoms with E-state index >= 15 is 0 Å². The Bertz CT molecular complexity index is 852. The summed E-state index contributed by atoms with van der Waals surface area (Å²) >= 11 is 6.40. The molecule has 2 aromatic rings. The van der Waals surface area contributed by atoms with Gasteiger partial charge in [-0.3, -0.25) is 4.72 Å². The van der Waals surface area contributed by atoms with Crippen LogP contribution in [0.3, 0.4) is 0 Å². The number of nitriles is 1. The van der Waals surface area contributed by atoms with Gasteiger partial charge in [-0.25, -0.2) is 13.2 Å². The highest BCUT2D eigenvalue weighted by Crippen LogP contribution is 2.26. The summed E-state index contributed by atoms with van der Waals surface area (Å²) in [5.41, 5.74) is 0.301. The standard InChI is InChI=1S/C12H7ClN2O4S2/c13-9-2-1-8(5-7(9)6-14)15-21(18,19)11-4-3-10(20-11)12(16)17/h1-5,15H,(H,16,17). The SMILES string of the molecule is N#Cc1cc(NS(=O)(=O)c2ccc(C(=O)O)s2)ccc1Cl. The van der Waals surface area contributed by atoms with Gasteiger partial charge in [-0.15, -0.1) is 11.3 Å². The molecule has 0 saturated heterocycles. The summed E-state index contributed by atoms with van der Waals surface area (Å²) in [5.74, 6) is -1.19. The van der Waals surface area contributed by atoms with Crippen LogP contribution in [0.5, 0.6) is 0 Å². The molecular formula is C12H7ClN2O4S2. The van der Waals surface area contributed by atoms with Gasteiger partial charge in [0.05, 0.1) is 16.3 Å². The minimum Gasteiger partial charge on any atom is -0.477 e. The van der Waals surface area contributed by atoms with Crippen molar-refractivity contribution in [2.45, 2.75) is 4.21 Å². The number of hydrogen-bond acceptors (Lipinski definition) is 5. The second-order valence-electron chi connectivity index (χ2n) is 3.84. The second-order valence-corrected chi connectivity index (χ2v) is 7.24. The molecular weight excluding hydrogens is 336 g/mol. The highest BCUT2D eigenvalue weighted by atomic mass is 35.5. The first-order chi connectivity index (χ1) is 9.83. The van der Waals surface area contributed by atoms with Crippen LogP contribution in [0.4, 0.5) is 5.69 Å². The van der Waals surface area contributed by atoms with E-state index in [1.54, 1.807) is 0 Å². The number of thiophene rings is 1. The zero-order chi connectivity index (χ0) is 15.6. The van der Waals surface area contributed by atoms with Gasteiger partial charge < -0.3 is 5.11 Å². The molecule has 1 heterocycles. The van der Waals surface area contributed by atoms with Crippen LogP contribution in [-0.4, -0.2) is 19.5 Å². The van der Waals surface area contributed by atoms with Crippen LogP contribution < -0.4 is 4.72 Å². The summed E-state index contributed by atoms with van der Waals surface area (Å²) in [7, 11) is -3.91. The molecule has 108 valence electrons. The van der Waals surface area contributed by atoms with Crippen molar-refractivity contribution in [1.29, 1.82) is 5.26 Å². The van der Waals surface area contributed by atoms with E-state index in [0.29, 0.717) is 11.3 Å². The quantitative estimate of drug-likeness (QED) is 0.888. The molecule has 0 radical (unpaired) electrons. The predicted octanol–water partition coefficient (Wildman–Crippen LogP) is 2.77. The number of anilines is 1. The fourth-order valence-electron chi connectivity index (χ4n) is 1.46. The largest absolute Gasteiger partial charge is 0.477 e. The lowest BCUT2D eigenvalue weighted by Gasteiger charge is -2.06. The monoisotopic (exact) mass is 342 g/mol. The van der Waals surface area contributed by atoms with Gasteiger partial charge in [-0.05, 0) is 30.3 Å². The average Bonchev–Trinajstić information content (AvgIpc) is 2.91. The molecule has 1 aromatic heterocycles. The third kappa shape index (κ3) is 3.33. The summed E-state index contributed by atoms with van der Waals surface area (Å²) in [6.07, 6.45) is 0. The Balaban J connectivity index is 2.33. The summed E-state index contributed by atoms with van der Waals surface area (Å²) in [5, 5.41) is 17.9. The maximum atomic E-state index is 12.1. The molecule has 6 nitrogen and oxygen atoms in total. The second kappa shape index (κ2) is 5.73. The molecule has 0 unspecified atom stereocenters. The minimum atomic E-state index is -3.91. The number of sulfonamides is 1. The zero-order valence-electron chi connectivity index (χ0n) is 10.2. The molecule has 9 heteroatoms. The van der Waals surface area contributed by atoms with Crippen LogP contribution in [0.25, 0.3) is 0 Å². The molecule has 0 bridgehead atoms. The first-order valence-electron chi connectivity index (χ1n) is 5.39. The van der Waals surface area contributed by atoms with E-state index in [1.807, 2.05) is 6.07 Å². The fourth-order valence-corrected chi connectivity index (χ4v) is 3.81. The lowest BCUT2D eigenvalue weighted by atomic mass is 10.2. The third-order valence-corrected chi connectivity index (χ3v) is 5.67. The van der Waals surface area contributed by atoms with Gasteiger partial charge in [-0.2, -0.15) is 5.26 Å². The maximum Gasteiger partial charge on any atom is 0.345 e. The van der Waals surface area contributed by atoms with Crippen molar-refractivity contribution in [3.8, 4) is 6.07 Å². The molecule has 0 amide bonds. The van der Waals surface area contributed by atoms with E-state index in [9.17, 15) is 13.2 Å². The van der Waals surface area contributed by atoms with Crippen LogP contribution in [0.15, 0.2) is 34.5 Å². The fraction of sp³-hybridized carbons (Fsp3) is 0. The van der Waals surface area contributed by atoms with Crippen molar-refractivity contribution in [3.05, 3.63) is 45.8 Å². The smallest absolute Gasteiger partial charge is 0.345 e. The number of benzene rings is 1. The molecule has 0 saturated carbocycles. The number of hydrogen-bond donors (Lipinski definition) is 2. The zero-order valence-corrected chi connectivity index (χ0v) is 12.6. The van der Waals surface area contributed by atoms with Crippen molar-refractivity contribution in [3.63, 3.8) is 0 Å². The van der Waals surface area contributed by atoms with E-state index < -0.39 is 16.0 Å². The van der Waals surface area contributed by atoms with Gasteiger partial charge in [0.25, 0.3) is 10.0 Å². The minimum absolute atomic E-state index is 0.0794. The number of carbonyl (C=O) groups is 1. The van der Waals surface area contributed by atoms with E-state index in [4.69, 9.17) is 22.0 Å². The number of carboxylic acids is 1. The van der Waals surface area contributed by atoms with E-state index in [1.165, 1.54) is 30.3 Å². The lowest BCUT2D eigenvalue weighted by Crippen LogP contribution is -2.11. The summed E-state index contributed by atoms with van der Waals surface area (Å²) in [4.78, 5) is 10.7. The van der Waals surface area contributed by atoms with Crippen LogP contribution in [0, 0.1) is 11.3 Å². The number of aromatic carboxylic acids is 1. The molecule has 1 aromatic carbocycles. The number of rotatable bonds is 4. The van der Waals surface area contributed by atoms with Crippen LogP contribution in [0.1, 0.15) is 15.2 Å². The summed E-state index contributed by atoms with van der Waals surface area (Å²) in [6, 6.07) is 8.36. The predicted molar refractivity (Wildman–Crippen MR) is 78.3 cm³/mol. The highest BCUT2D eigenvalue weighted by molar-refractivity contribution is 7.94. The lowest BCUT2D eigenvalue weighted by molar-refractivity contribution is 0.0702. The van der Waals surface area contributed by atoms with Gasteiger partial charge >= 0.3 is 5.97 Å². The normalized spacial score (nSPS) is 10.9. The van der Waals surface area contributed by atoms with Crippen molar-refractivity contribution in [2.24, 2.45) is 0 Å². The Morgan fingerprint density at radius 2 is 2.05 bits per heavy atom. The molecule has 0 aliphatic heterocycles.